The summed E-state index contributed by atoms with van der Waals surface area (Å²) in [7, 11) is -3.59. The van der Waals surface area contributed by atoms with E-state index in [1.165, 1.54) is 4.31 Å². The van der Waals surface area contributed by atoms with Gasteiger partial charge in [0.2, 0.25) is 10.0 Å². The van der Waals surface area contributed by atoms with Crippen LogP contribution in [0, 0.1) is 18.3 Å². The van der Waals surface area contributed by atoms with Gasteiger partial charge in [-0.25, -0.2) is 8.42 Å². The lowest BCUT2D eigenvalue weighted by molar-refractivity contribution is -0.137. The number of hydrogen-bond donors (Lipinski definition) is 0. The average Bonchev–Trinajstić information content (AvgIpc) is 3.01. The third kappa shape index (κ3) is 4.99. The Bertz CT molecular complexity index is 1030. The third-order valence-electron chi connectivity index (χ3n) is 5.07. The predicted molar refractivity (Wildman–Crippen MR) is 112 cm³/mol. The minimum atomic E-state index is -3.59. The number of carbonyl (C=O) groups excluding carboxylic acids is 1. The van der Waals surface area contributed by atoms with Crippen LogP contribution >= 0.6 is 0 Å². The molecule has 0 saturated carbocycles. The van der Waals surface area contributed by atoms with Crippen LogP contribution in [0.1, 0.15) is 24.5 Å². The molecule has 1 saturated heterocycles. The van der Waals surface area contributed by atoms with Crippen molar-refractivity contribution in [2.24, 2.45) is 0 Å². The van der Waals surface area contributed by atoms with Gasteiger partial charge in [-0.3, -0.25) is 4.79 Å². The predicted octanol–water partition coefficient (Wildman–Crippen LogP) is 2.56. The molecule has 1 amide bonds. The fourth-order valence-corrected chi connectivity index (χ4v) is 4.80. The monoisotopic (exact) mass is 427 g/mol. The SMILES string of the molecule is Cc1ccc(S(=O)(=O)N2CCCN(C(=O)[C@@H](C)Oc3ccc(C#N)cc3)CC2)cc1. The molecule has 8 heteroatoms. The second-order valence-corrected chi connectivity index (χ2v) is 9.23. The first-order valence-electron chi connectivity index (χ1n) is 9.83. The van der Waals surface area contributed by atoms with Crippen LogP contribution in [0.15, 0.2) is 53.4 Å². The standard InChI is InChI=1S/C22H25N3O4S/c1-17-4-10-21(11-5-17)30(27,28)25-13-3-12-24(14-15-25)22(26)18(2)29-20-8-6-19(16-23)7-9-20/h4-11,18H,3,12-15H2,1-2H3/t18-/m1/s1. The van der Waals surface area contributed by atoms with E-state index in [-0.39, 0.29) is 17.3 Å². The van der Waals surface area contributed by atoms with Gasteiger partial charge in [0.05, 0.1) is 16.5 Å². The molecule has 0 unspecified atom stereocenters. The van der Waals surface area contributed by atoms with Crippen molar-refractivity contribution >= 4 is 15.9 Å². The average molecular weight is 428 g/mol. The van der Waals surface area contributed by atoms with Gasteiger partial charge in [-0.1, -0.05) is 17.7 Å². The summed E-state index contributed by atoms with van der Waals surface area (Å²) in [4.78, 5) is 14.7. The Morgan fingerprint density at radius 2 is 1.70 bits per heavy atom. The fraction of sp³-hybridized carbons (Fsp3) is 0.364. The molecule has 0 radical (unpaired) electrons. The van der Waals surface area contributed by atoms with Gasteiger partial charge in [0, 0.05) is 26.2 Å². The number of aryl methyl sites for hydroxylation is 1. The highest BCUT2D eigenvalue weighted by molar-refractivity contribution is 7.89. The molecule has 7 nitrogen and oxygen atoms in total. The van der Waals surface area contributed by atoms with E-state index >= 15 is 0 Å². The van der Waals surface area contributed by atoms with Crippen LogP contribution in [0.25, 0.3) is 0 Å². The number of amides is 1. The maximum atomic E-state index is 12.9. The van der Waals surface area contributed by atoms with Gasteiger partial charge in [0.15, 0.2) is 6.10 Å². The zero-order valence-corrected chi connectivity index (χ0v) is 17.9. The topological polar surface area (TPSA) is 90.7 Å². The van der Waals surface area contributed by atoms with Gasteiger partial charge >= 0.3 is 0 Å². The lowest BCUT2D eigenvalue weighted by Gasteiger charge is -2.25. The molecule has 158 valence electrons. The molecule has 1 atom stereocenters. The molecule has 2 aromatic carbocycles. The molecule has 3 rings (SSSR count). The highest BCUT2D eigenvalue weighted by Crippen LogP contribution is 2.19. The van der Waals surface area contributed by atoms with Crippen molar-refractivity contribution in [3.8, 4) is 11.8 Å². The molecule has 0 aromatic heterocycles. The number of nitriles is 1. The van der Waals surface area contributed by atoms with Crippen LogP contribution in [-0.4, -0.2) is 55.8 Å². The van der Waals surface area contributed by atoms with Crippen molar-refractivity contribution in [1.82, 2.24) is 9.21 Å². The number of benzene rings is 2. The van der Waals surface area contributed by atoms with Gasteiger partial charge in [0.1, 0.15) is 5.75 Å². The van der Waals surface area contributed by atoms with E-state index in [1.807, 2.05) is 13.0 Å². The summed E-state index contributed by atoms with van der Waals surface area (Å²) >= 11 is 0. The molecule has 0 N–H and O–H groups in total. The summed E-state index contributed by atoms with van der Waals surface area (Å²) in [6.45, 7) is 4.97. The molecule has 1 aliphatic heterocycles. The fourth-order valence-electron chi connectivity index (χ4n) is 3.33. The highest BCUT2D eigenvalue weighted by Gasteiger charge is 2.30. The minimum Gasteiger partial charge on any atom is -0.481 e. The molecule has 1 fully saturated rings. The highest BCUT2D eigenvalue weighted by atomic mass is 32.2. The summed E-state index contributed by atoms with van der Waals surface area (Å²) in [5.41, 5.74) is 1.52. The Morgan fingerprint density at radius 3 is 2.33 bits per heavy atom. The molecule has 0 spiro atoms. The zero-order valence-electron chi connectivity index (χ0n) is 17.1. The zero-order chi connectivity index (χ0) is 21.7. The van der Waals surface area contributed by atoms with E-state index in [1.54, 1.807) is 60.4 Å². The van der Waals surface area contributed by atoms with Gasteiger partial charge in [-0.05, 0) is 56.7 Å². The number of rotatable bonds is 5. The quantitative estimate of drug-likeness (QED) is 0.731. The van der Waals surface area contributed by atoms with Crippen LogP contribution in [0.5, 0.6) is 5.75 Å². The Hall–Kier alpha value is -2.89. The maximum absolute atomic E-state index is 12.9. The summed E-state index contributed by atoms with van der Waals surface area (Å²) in [5.74, 6) is 0.321. The minimum absolute atomic E-state index is 0.186. The lowest BCUT2D eigenvalue weighted by Crippen LogP contribution is -2.43. The summed E-state index contributed by atoms with van der Waals surface area (Å²) in [6, 6.07) is 15.4. The largest absolute Gasteiger partial charge is 0.481 e. The van der Waals surface area contributed by atoms with Crippen molar-refractivity contribution in [3.63, 3.8) is 0 Å². The molecule has 30 heavy (non-hydrogen) atoms. The summed E-state index contributed by atoms with van der Waals surface area (Å²) < 4.78 is 33.0. The van der Waals surface area contributed by atoms with Crippen LogP contribution in [0.4, 0.5) is 0 Å². The van der Waals surface area contributed by atoms with E-state index in [9.17, 15) is 13.2 Å². The van der Waals surface area contributed by atoms with Crippen molar-refractivity contribution in [2.75, 3.05) is 26.2 Å². The molecule has 0 bridgehead atoms. The Kier molecular flexibility index (Phi) is 6.75. The Morgan fingerprint density at radius 1 is 1.03 bits per heavy atom. The molecule has 1 aliphatic rings. The van der Waals surface area contributed by atoms with E-state index < -0.39 is 16.1 Å². The number of nitrogens with zero attached hydrogens (tertiary/aromatic N) is 3. The van der Waals surface area contributed by atoms with E-state index in [2.05, 4.69) is 0 Å². The van der Waals surface area contributed by atoms with Crippen molar-refractivity contribution in [2.45, 2.75) is 31.3 Å². The van der Waals surface area contributed by atoms with Crippen LogP contribution in [0.3, 0.4) is 0 Å². The van der Waals surface area contributed by atoms with Crippen LogP contribution < -0.4 is 4.74 Å². The first-order chi connectivity index (χ1) is 14.3. The molecule has 1 heterocycles. The van der Waals surface area contributed by atoms with Crippen molar-refractivity contribution in [3.05, 3.63) is 59.7 Å². The smallest absolute Gasteiger partial charge is 0.263 e. The van der Waals surface area contributed by atoms with Crippen LogP contribution in [0.2, 0.25) is 0 Å². The Labute approximate surface area is 177 Å². The van der Waals surface area contributed by atoms with Crippen LogP contribution in [-0.2, 0) is 14.8 Å². The molecule has 2 aromatic rings. The first-order valence-corrected chi connectivity index (χ1v) is 11.3. The number of sulfonamides is 1. The Balaban J connectivity index is 1.63. The molecular weight excluding hydrogens is 402 g/mol. The van der Waals surface area contributed by atoms with Crippen molar-refractivity contribution < 1.29 is 17.9 Å². The lowest BCUT2D eigenvalue weighted by atomic mass is 10.2. The van der Waals surface area contributed by atoms with Gasteiger partial charge in [-0.15, -0.1) is 0 Å². The van der Waals surface area contributed by atoms with Crippen molar-refractivity contribution in [1.29, 1.82) is 5.26 Å². The normalized spacial score (nSPS) is 16.4. The molecular formula is C22H25N3O4S. The first kappa shape index (κ1) is 21.8. The summed E-state index contributed by atoms with van der Waals surface area (Å²) in [5, 5.41) is 8.86. The number of ether oxygens (including phenoxy) is 1. The van der Waals surface area contributed by atoms with E-state index in [0.717, 1.165) is 5.56 Å². The van der Waals surface area contributed by atoms with E-state index in [4.69, 9.17) is 10.00 Å². The third-order valence-corrected chi connectivity index (χ3v) is 6.98. The van der Waals surface area contributed by atoms with Gasteiger partial charge < -0.3 is 9.64 Å². The molecule has 0 aliphatic carbocycles. The second kappa shape index (κ2) is 9.28. The number of hydrogen-bond acceptors (Lipinski definition) is 5. The van der Waals surface area contributed by atoms with Gasteiger partial charge in [-0.2, -0.15) is 9.57 Å². The summed E-state index contributed by atoms with van der Waals surface area (Å²) in [6.07, 6.45) is -0.154. The maximum Gasteiger partial charge on any atom is 0.263 e. The second-order valence-electron chi connectivity index (χ2n) is 7.29. The van der Waals surface area contributed by atoms with Gasteiger partial charge in [0.25, 0.3) is 5.91 Å². The van der Waals surface area contributed by atoms with E-state index in [0.29, 0.717) is 37.4 Å². The number of carbonyl (C=O) groups is 1.